The molecule has 6 heteroatoms. The molecule has 4 heterocycles. The van der Waals surface area contributed by atoms with Gasteiger partial charge in [0.25, 0.3) is 0 Å². The van der Waals surface area contributed by atoms with Gasteiger partial charge in [0.05, 0.1) is 21.4 Å². The largest absolute Gasteiger partial charge is 0.344 e. The van der Waals surface area contributed by atoms with E-state index in [0.717, 1.165) is 28.4 Å². The topological polar surface area (TPSA) is 41.7 Å². The number of benzene rings is 8. The van der Waals surface area contributed by atoms with Crippen molar-refractivity contribution in [2.24, 2.45) is 9.98 Å². The molecule has 1 unspecified atom stereocenters. The van der Waals surface area contributed by atoms with E-state index in [4.69, 9.17) is 9.98 Å². The number of para-hydroxylation sites is 2. The number of aromatic nitrogens is 1. The van der Waals surface area contributed by atoms with Crippen molar-refractivity contribution < 1.29 is 0 Å². The SMILES string of the molecule is c1ccc(C2=NC(c3cccc4c3sc3cccc(-c5ccc6c(c5)sc5c(-n7c8ccccc8c8ccccc87)cccc56)c34)NC(c3ccccc3)=N2)cc1. The van der Waals surface area contributed by atoms with Gasteiger partial charge in [-0.3, -0.25) is 0 Å². The Bertz CT molecular complexity index is 3390. The maximum Gasteiger partial charge on any atom is 0.159 e. The Labute approximate surface area is 336 Å². The van der Waals surface area contributed by atoms with E-state index in [0.29, 0.717) is 0 Å². The minimum atomic E-state index is -0.299. The highest BCUT2D eigenvalue weighted by atomic mass is 32.1. The van der Waals surface area contributed by atoms with Gasteiger partial charge in [-0.2, -0.15) is 0 Å². The third-order valence-corrected chi connectivity index (χ3v) is 13.7. The van der Waals surface area contributed by atoms with Crippen LogP contribution in [0.3, 0.4) is 0 Å². The van der Waals surface area contributed by atoms with Crippen LogP contribution in [0.15, 0.2) is 192 Å². The molecule has 0 fully saturated rings. The summed E-state index contributed by atoms with van der Waals surface area (Å²) in [5.74, 6) is 1.56. The van der Waals surface area contributed by atoms with Gasteiger partial charge < -0.3 is 9.88 Å². The summed E-state index contributed by atoms with van der Waals surface area (Å²) in [6.07, 6.45) is -0.299. The Kier molecular flexibility index (Phi) is 7.30. The molecule has 0 bridgehead atoms. The number of nitrogens with one attached hydrogen (secondary N) is 1. The molecule has 0 saturated carbocycles. The zero-order valence-corrected chi connectivity index (χ0v) is 32.2. The highest BCUT2D eigenvalue weighted by Gasteiger charge is 2.25. The maximum absolute atomic E-state index is 5.24. The van der Waals surface area contributed by atoms with Crippen LogP contribution in [-0.4, -0.2) is 16.2 Å². The van der Waals surface area contributed by atoms with Crippen molar-refractivity contribution in [3.63, 3.8) is 0 Å². The molecule has 8 aromatic carbocycles. The van der Waals surface area contributed by atoms with Gasteiger partial charge >= 0.3 is 0 Å². The number of rotatable bonds is 5. The molecule has 0 aliphatic carbocycles. The molecule has 12 rings (SSSR count). The van der Waals surface area contributed by atoms with Crippen LogP contribution < -0.4 is 5.32 Å². The van der Waals surface area contributed by atoms with Crippen LogP contribution in [0.4, 0.5) is 0 Å². The van der Waals surface area contributed by atoms with Crippen molar-refractivity contribution in [2.75, 3.05) is 0 Å². The van der Waals surface area contributed by atoms with E-state index >= 15 is 0 Å². The highest BCUT2D eigenvalue weighted by Crippen LogP contribution is 2.46. The lowest BCUT2D eigenvalue weighted by Crippen LogP contribution is -2.33. The Hall–Kier alpha value is -6.86. The Balaban J connectivity index is 0.999. The summed E-state index contributed by atoms with van der Waals surface area (Å²) in [7, 11) is 0. The van der Waals surface area contributed by atoms with Crippen molar-refractivity contribution in [3.05, 3.63) is 199 Å². The summed E-state index contributed by atoms with van der Waals surface area (Å²) in [4.78, 5) is 10.3. The first kappa shape index (κ1) is 32.4. The van der Waals surface area contributed by atoms with E-state index in [-0.39, 0.29) is 6.17 Å². The fourth-order valence-electron chi connectivity index (χ4n) is 8.70. The second-order valence-corrected chi connectivity index (χ2v) is 16.6. The molecule has 1 aliphatic rings. The Morgan fingerprint density at radius 1 is 0.474 bits per heavy atom. The third kappa shape index (κ3) is 5.11. The molecule has 3 aromatic heterocycles. The number of aliphatic imine (C=N–C) groups is 2. The van der Waals surface area contributed by atoms with Gasteiger partial charge in [-0.1, -0.05) is 152 Å². The molecule has 0 spiro atoms. The maximum atomic E-state index is 5.24. The molecule has 4 nitrogen and oxygen atoms in total. The molecule has 1 atom stereocenters. The molecule has 268 valence electrons. The minimum Gasteiger partial charge on any atom is -0.344 e. The zero-order chi connectivity index (χ0) is 37.5. The van der Waals surface area contributed by atoms with Gasteiger partial charge in [-0.05, 0) is 41.5 Å². The van der Waals surface area contributed by atoms with Crippen LogP contribution in [-0.2, 0) is 0 Å². The number of thiophene rings is 2. The van der Waals surface area contributed by atoms with Gasteiger partial charge in [-0.15, -0.1) is 22.7 Å². The third-order valence-electron chi connectivity index (χ3n) is 11.3. The standard InChI is InChI=1S/C51H32N4S2/c1-3-14-31(15-4-1)49-52-50(32-16-5-2-6-17-32)54-51(53-49)40-23-11-22-39-46-34(20-13-27-44(46)56-47(39)40)33-28-29-37-38-21-12-26-43(48(38)57-45(37)30-33)55-41-24-9-7-18-35(41)36-19-8-10-25-42(36)55/h1-30,51H,(H,52,53,54). The van der Waals surface area contributed by atoms with Crippen molar-refractivity contribution in [1.82, 2.24) is 9.88 Å². The minimum absolute atomic E-state index is 0.299. The van der Waals surface area contributed by atoms with Crippen LogP contribution in [0, 0.1) is 0 Å². The summed E-state index contributed by atoms with van der Waals surface area (Å²) in [6.45, 7) is 0. The Morgan fingerprint density at radius 2 is 1.12 bits per heavy atom. The lowest BCUT2D eigenvalue weighted by Gasteiger charge is -2.24. The van der Waals surface area contributed by atoms with E-state index in [1.54, 1.807) is 0 Å². The second-order valence-electron chi connectivity index (χ2n) is 14.5. The first-order valence-electron chi connectivity index (χ1n) is 19.2. The normalized spacial score (nSPS) is 14.5. The van der Waals surface area contributed by atoms with Crippen LogP contribution in [0.25, 0.3) is 79.0 Å². The van der Waals surface area contributed by atoms with Gasteiger partial charge in [0.2, 0.25) is 0 Å². The molecule has 11 aromatic rings. The summed E-state index contributed by atoms with van der Waals surface area (Å²) in [5, 5.41) is 11.4. The number of nitrogens with zero attached hydrogens (tertiary/aromatic N) is 3. The van der Waals surface area contributed by atoms with Crippen LogP contribution in [0.5, 0.6) is 0 Å². The molecule has 57 heavy (non-hydrogen) atoms. The summed E-state index contributed by atoms with van der Waals surface area (Å²) in [5.41, 5.74) is 9.34. The quantitative estimate of drug-likeness (QED) is 0.186. The monoisotopic (exact) mass is 764 g/mol. The predicted molar refractivity (Wildman–Crippen MR) is 244 cm³/mol. The van der Waals surface area contributed by atoms with Gasteiger partial charge in [-0.25, -0.2) is 9.98 Å². The number of fused-ring (bicyclic) bond motifs is 9. The van der Waals surface area contributed by atoms with Crippen molar-refractivity contribution in [1.29, 1.82) is 0 Å². The molecule has 1 N–H and O–H groups in total. The highest BCUT2D eigenvalue weighted by molar-refractivity contribution is 7.26. The van der Waals surface area contributed by atoms with E-state index in [1.807, 2.05) is 46.9 Å². The first-order chi connectivity index (χ1) is 28.3. The number of hydrogen-bond donors (Lipinski definition) is 1. The summed E-state index contributed by atoms with van der Waals surface area (Å²) < 4.78 is 7.53. The van der Waals surface area contributed by atoms with Crippen LogP contribution in [0.1, 0.15) is 22.9 Å². The molecule has 1 aliphatic heterocycles. The zero-order valence-electron chi connectivity index (χ0n) is 30.6. The van der Waals surface area contributed by atoms with E-state index < -0.39 is 0 Å². The van der Waals surface area contributed by atoms with Crippen LogP contribution in [0.2, 0.25) is 0 Å². The van der Waals surface area contributed by atoms with Gasteiger partial charge in [0.1, 0.15) is 12.0 Å². The Morgan fingerprint density at radius 3 is 1.91 bits per heavy atom. The average Bonchev–Trinajstić information content (AvgIpc) is 3.96. The smallest absolute Gasteiger partial charge is 0.159 e. The van der Waals surface area contributed by atoms with E-state index in [2.05, 4.69) is 168 Å². The fourth-order valence-corrected chi connectivity index (χ4v) is 11.2. The van der Waals surface area contributed by atoms with E-state index in [1.165, 1.54) is 79.0 Å². The molecule has 0 radical (unpaired) electrons. The molecule has 0 amide bonds. The lowest BCUT2D eigenvalue weighted by molar-refractivity contribution is 0.680. The number of hydrogen-bond acceptors (Lipinski definition) is 5. The van der Waals surface area contributed by atoms with E-state index in [9.17, 15) is 0 Å². The summed E-state index contributed by atoms with van der Waals surface area (Å²) >= 11 is 3.73. The van der Waals surface area contributed by atoms with Crippen molar-refractivity contribution >= 4 is 96.5 Å². The van der Waals surface area contributed by atoms with Gasteiger partial charge in [0.15, 0.2) is 5.84 Å². The lowest BCUT2D eigenvalue weighted by atomic mass is 9.97. The first-order valence-corrected chi connectivity index (χ1v) is 20.8. The molecule has 0 saturated heterocycles. The van der Waals surface area contributed by atoms with Crippen molar-refractivity contribution in [3.8, 4) is 16.8 Å². The van der Waals surface area contributed by atoms with Gasteiger partial charge in [0, 0.05) is 63.1 Å². The van der Waals surface area contributed by atoms with Crippen LogP contribution >= 0.6 is 22.7 Å². The predicted octanol–water partition coefficient (Wildman–Crippen LogP) is 13.7. The van der Waals surface area contributed by atoms with Crippen molar-refractivity contribution in [2.45, 2.75) is 6.17 Å². The molecular weight excluding hydrogens is 733 g/mol. The average molecular weight is 765 g/mol. The summed E-state index contributed by atoms with van der Waals surface area (Å²) in [6, 6.07) is 65.3. The molecular formula is C51H32N4S2. The second kappa shape index (κ2) is 12.8. The number of amidine groups is 2. The fraction of sp³-hybridized carbons (Fsp3) is 0.0196.